The van der Waals surface area contributed by atoms with Crippen LogP contribution in [0.4, 0.5) is 5.69 Å². The summed E-state index contributed by atoms with van der Waals surface area (Å²) >= 11 is 2.89. The summed E-state index contributed by atoms with van der Waals surface area (Å²) in [6, 6.07) is 7.15. The van der Waals surface area contributed by atoms with Crippen molar-refractivity contribution >= 4 is 100.0 Å². The van der Waals surface area contributed by atoms with Gasteiger partial charge in [0.2, 0.25) is 47.2 Å². The van der Waals surface area contributed by atoms with Crippen LogP contribution in [-0.4, -0.2) is 248 Å². The molecule has 107 heavy (non-hydrogen) atoms. The number of nitrogens with zero attached hydrogens (tertiary/aromatic N) is 7. The Morgan fingerprint density at radius 2 is 1.54 bits per heavy atom. The fourth-order valence-electron chi connectivity index (χ4n) is 15.3. The smallest absolute Gasteiger partial charge is 0.333 e. The van der Waals surface area contributed by atoms with Gasteiger partial charge in [0.15, 0.2) is 11.7 Å². The van der Waals surface area contributed by atoms with Crippen molar-refractivity contribution in [3.8, 4) is 0 Å². The number of aliphatic hydroxyl groups is 1. The van der Waals surface area contributed by atoms with Crippen LogP contribution in [0.15, 0.2) is 101 Å². The number of aromatic nitrogens is 1. The number of esters is 2. The van der Waals surface area contributed by atoms with Gasteiger partial charge >= 0.3 is 11.9 Å². The number of amides is 8. The third-order valence-corrected chi connectivity index (χ3v) is 24.7. The van der Waals surface area contributed by atoms with Crippen LogP contribution in [0.1, 0.15) is 139 Å². The van der Waals surface area contributed by atoms with Crippen LogP contribution in [-0.2, 0) is 75.1 Å². The molecule has 0 saturated carbocycles. The second-order valence-corrected chi connectivity index (χ2v) is 32.3. The number of oxazole rings is 1. The highest BCUT2D eigenvalue weighted by Gasteiger charge is 2.51. The lowest BCUT2D eigenvalue weighted by Gasteiger charge is -2.45. The molecule has 4 bridgehead atoms. The van der Waals surface area contributed by atoms with Crippen LogP contribution < -0.4 is 26.2 Å². The first-order chi connectivity index (χ1) is 51.1. The SMILES string of the molecule is CC[C@H]1OC(=O)C2C(SCCC(=O)N[C@@H]3C(=O)NC(C)(CC)C(=O)N4CCC[C@H]4C(=O)N(C)[C@@H](Cc4ccc(N(C)C)cc4)C(=O)N4C[C@@H](CSC5CN6CCC5CC6)C(=O)C[C@H]4C(=O)N[C@@H](c4ccccc4)C(=O)O[C@@H]3C)CCN2C(=O)c2coc(n2)CC(=O)C[C@H](O)C=C(C)C=CCNC(=O)C=C[C@H]1C. The maximum Gasteiger partial charge on any atom is 0.333 e. The standard InChI is InChI=1S/C78H103N11O16S2/c1-10-61-47(4)21-26-64(93)79-31-15-17-46(3)37-54(90)39-55(91)40-66-80-56(44-103-66)72(97)88-35-29-62(69(88)76(101)105-61)106-36-30-65(94)81-67-48(5)104-75(100)68(51-18-13-12-14-19-51)82-70(95)58-41-60(92)52(45-107-63-43-86-33-27-50(63)28-34-86)42-89(58)74(99)59(38-49-22-24-53(25-23-49)84(7)8)85(9)73(98)57-20-16-32-87(57)77(102)78(6,11-2)83-71(67)96/h12-15,17-19,21-26,37,44,47-48,50,52,54,57-59,61-63,67-69,90H,10-11,16,20,27-36,38-43,45H2,1-9H3,(H,79,93)(H,81,94)(H,82,95)(H,83,96)/t47-,48-,52+,54-,57+,58+,59+,61-,62?,63?,67+,68+,69?,78?/m1/s1. The molecule has 0 radical (unpaired) electrons. The summed E-state index contributed by atoms with van der Waals surface area (Å²) in [5.41, 5.74) is 0.506. The number of cyclic esters (lactones) is 2. The van der Waals surface area contributed by atoms with Crippen LogP contribution in [0.25, 0.3) is 0 Å². The molecule has 0 aliphatic carbocycles. The van der Waals surface area contributed by atoms with E-state index in [-0.39, 0.29) is 105 Å². The molecule has 27 nitrogen and oxygen atoms in total. The summed E-state index contributed by atoms with van der Waals surface area (Å²) in [6.07, 6.45) is 7.31. The zero-order valence-corrected chi connectivity index (χ0v) is 64.2. The summed E-state index contributed by atoms with van der Waals surface area (Å²) in [5, 5.41) is 21.5. The third-order valence-electron chi connectivity index (χ3n) is 21.8. The van der Waals surface area contributed by atoms with E-state index in [1.165, 1.54) is 64.4 Å². The molecule has 9 heterocycles. The van der Waals surface area contributed by atoms with Crippen molar-refractivity contribution in [2.45, 2.75) is 189 Å². The Morgan fingerprint density at radius 1 is 0.804 bits per heavy atom. The monoisotopic (exact) mass is 1510 g/mol. The predicted molar refractivity (Wildman–Crippen MR) is 402 cm³/mol. The van der Waals surface area contributed by atoms with Gasteiger partial charge in [0.25, 0.3) is 5.91 Å². The molecule has 3 aromatic rings. The number of aliphatic hydroxyl groups excluding tert-OH is 1. The first-order valence-electron chi connectivity index (χ1n) is 37.4. The number of ether oxygens (including phenoxy) is 2. The van der Waals surface area contributed by atoms with E-state index < -0.39 is 149 Å². The van der Waals surface area contributed by atoms with Gasteiger partial charge in [-0.05, 0) is 114 Å². The molecule has 8 aliphatic heterocycles. The topological polar surface area (TPSA) is 337 Å². The summed E-state index contributed by atoms with van der Waals surface area (Å²) in [4.78, 5) is 191. The Kier molecular flexibility index (Phi) is 27.6. The highest BCUT2D eigenvalue weighted by atomic mass is 32.2. The second kappa shape index (κ2) is 36.5. The average Bonchev–Trinajstić information content (AvgIpc) is 1.20. The van der Waals surface area contributed by atoms with Gasteiger partial charge in [-0.25, -0.2) is 14.6 Å². The summed E-state index contributed by atoms with van der Waals surface area (Å²) in [6.45, 7) is 12.9. The molecule has 7 saturated heterocycles. The Morgan fingerprint density at radius 3 is 2.23 bits per heavy atom. The van der Waals surface area contributed by atoms with E-state index in [4.69, 9.17) is 13.9 Å². The number of benzene rings is 2. The van der Waals surface area contributed by atoms with Gasteiger partial charge in [-0.2, -0.15) is 23.5 Å². The lowest BCUT2D eigenvalue weighted by atomic mass is 9.88. The number of carbonyl (C=O) groups is 12. The molecule has 8 aliphatic rings. The van der Waals surface area contributed by atoms with E-state index in [9.17, 15) is 33.9 Å². The third kappa shape index (κ3) is 20.0. The number of likely N-dealkylation sites (N-methyl/N-ethyl adjacent to an activating group) is 1. The number of fused-ring (bicyclic) bond motifs is 8. The van der Waals surface area contributed by atoms with Gasteiger partial charge in [0, 0.05) is 119 Å². The molecule has 0 spiro atoms. The number of piperidine rings is 4. The number of carbonyl (C=O) groups excluding carboxylic acids is 12. The van der Waals surface area contributed by atoms with Crippen molar-refractivity contribution < 1.29 is 76.5 Å². The van der Waals surface area contributed by atoms with Crippen molar-refractivity contribution in [3.05, 3.63) is 120 Å². The van der Waals surface area contributed by atoms with Crippen LogP contribution in [0.5, 0.6) is 0 Å². The van der Waals surface area contributed by atoms with E-state index in [0.717, 1.165) is 44.4 Å². The number of rotatable bonds is 14. The summed E-state index contributed by atoms with van der Waals surface area (Å²) < 4.78 is 18.0. The highest BCUT2D eigenvalue weighted by molar-refractivity contribution is 8.00. The van der Waals surface area contributed by atoms with Crippen molar-refractivity contribution in [2.24, 2.45) is 17.8 Å². The number of hydrogen-bond acceptors (Lipinski definition) is 21. The van der Waals surface area contributed by atoms with Crippen LogP contribution in [0, 0.1) is 17.8 Å². The van der Waals surface area contributed by atoms with Crippen molar-refractivity contribution in [1.29, 1.82) is 0 Å². The zero-order chi connectivity index (χ0) is 77.0. The molecule has 7 fully saturated rings. The van der Waals surface area contributed by atoms with Crippen molar-refractivity contribution in [1.82, 2.24) is 50.8 Å². The molecule has 8 amide bonds. The normalized spacial score (nSPS) is 30.7. The maximum absolute atomic E-state index is 16.0. The van der Waals surface area contributed by atoms with Gasteiger partial charge in [0.1, 0.15) is 65.8 Å². The molecule has 29 heteroatoms. The molecule has 11 rings (SSSR count). The number of anilines is 1. The lowest BCUT2D eigenvalue weighted by molar-refractivity contribution is -0.158. The molecule has 14 atom stereocenters. The van der Waals surface area contributed by atoms with Gasteiger partial charge in [0.05, 0.1) is 12.5 Å². The van der Waals surface area contributed by atoms with E-state index >= 15 is 28.8 Å². The van der Waals surface area contributed by atoms with Gasteiger partial charge < -0.3 is 69.7 Å². The number of thioether (sulfide) groups is 2. The van der Waals surface area contributed by atoms with Gasteiger partial charge in [-0.15, -0.1) is 0 Å². The Hall–Kier alpha value is -8.67. The fourth-order valence-corrected chi connectivity index (χ4v) is 18.2. The van der Waals surface area contributed by atoms with E-state index in [1.807, 2.05) is 50.2 Å². The minimum Gasteiger partial charge on any atom is -0.460 e. The first kappa shape index (κ1) is 80.9. The number of allylic oxidation sites excluding steroid dienone is 2. The van der Waals surface area contributed by atoms with Crippen LogP contribution in [0.3, 0.4) is 0 Å². The second-order valence-electron chi connectivity index (χ2n) is 29.6. The minimum atomic E-state index is -1.76. The zero-order valence-electron chi connectivity index (χ0n) is 62.6. The molecule has 2 aromatic carbocycles. The lowest BCUT2D eigenvalue weighted by Crippen LogP contribution is -2.65. The van der Waals surface area contributed by atoms with Crippen LogP contribution in [0.2, 0.25) is 0 Å². The average molecular weight is 1510 g/mol. The highest BCUT2D eigenvalue weighted by Crippen LogP contribution is 2.39. The maximum atomic E-state index is 16.0. The molecule has 578 valence electrons. The van der Waals surface area contributed by atoms with Crippen molar-refractivity contribution in [2.75, 3.05) is 83.4 Å². The minimum absolute atomic E-state index is 0.0135. The molecule has 4 unspecified atom stereocenters. The largest absolute Gasteiger partial charge is 0.460 e. The van der Waals surface area contributed by atoms with E-state index in [2.05, 4.69) is 31.2 Å². The fraction of sp³-hybridized carbons (Fsp3) is 0.577. The van der Waals surface area contributed by atoms with Gasteiger partial charge in [-0.1, -0.05) is 93.1 Å². The molecular formula is C78H103N11O16S2. The van der Waals surface area contributed by atoms with E-state index in [0.29, 0.717) is 35.6 Å². The summed E-state index contributed by atoms with van der Waals surface area (Å²) in [5.74, 6) is -8.38. The summed E-state index contributed by atoms with van der Waals surface area (Å²) in [7, 11) is 5.30. The Labute approximate surface area is 633 Å². The number of ketones is 2. The number of nitrogens with one attached hydrogen (secondary N) is 4. The number of hydrogen-bond donors (Lipinski definition) is 5. The predicted octanol–water partition coefficient (Wildman–Crippen LogP) is 4.70. The van der Waals surface area contributed by atoms with Crippen molar-refractivity contribution in [3.63, 3.8) is 0 Å². The van der Waals surface area contributed by atoms with Crippen LogP contribution >= 0.6 is 23.5 Å². The molecular weight excluding hydrogens is 1410 g/mol. The van der Waals surface area contributed by atoms with E-state index in [1.54, 1.807) is 81.1 Å². The van der Waals surface area contributed by atoms with Gasteiger partial charge in [-0.3, -0.25) is 47.9 Å². The Balaban J connectivity index is 0.931. The molecule has 1 aromatic heterocycles. The number of Topliss-reactive ketones (excluding diaryl/α,β-unsaturated/α-hetero) is 2. The first-order valence-corrected chi connectivity index (χ1v) is 39.5. The molecule has 5 N–H and O–H groups in total. The quantitative estimate of drug-likeness (QED) is 0.137. The Bertz CT molecular complexity index is 3860.